The first-order chi connectivity index (χ1) is 15.5. The molecule has 0 fully saturated rings. The molecule has 0 spiro atoms. The highest BCUT2D eigenvalue weighted by Gasteiger charge is 2.25. The molecule has 0 aliphatic carbocycles. The van der Waals surface area contributed by atoms with E-state index in [-0.39, 0.29) is 17.3 Å². The van der Waals surface area contributed by atoms with Crippen LogP contribution in [0.3, 0.4) is 0 Å². The third-order valence-electron chi connectivity index (χ3n) is 4.51. The van der Waals surface area contributed by atoms with Gasteiger partial charge in [-0.1, -0.05) is 48.0 Å². The second kappa shape index (κ2) is 9.49. The zero-order chi connectivity index (χ0) is 22.5. The lowest BCUT2D eigenvalue weighted by Crippen LogP contribution is -2.09. The van der Waals surface area contributed by atoms with Gasteiger partial charge in [0, 0.05) is 0 Å². The first kappa shape index (κ1) is 21.3. The molecule has 3 aromatic carbocycles. The van der Waals surface area contributed by atoms with Crippen LogP contribution in [-0.2, 0) is 9.53 Å². The van der Waals surface area contributed by atoms with Gasteiger partial charge in [0.1, 0.15) is 0 Å². The lowest BCUT2D eigenvalue weighted by Gasteiger charge is -2.11. The van der Waals surface area contributed by atoms with Gasteiger partial charge in [0.25, 0.3) is 0 Å². The first-order valence-electron chi connectivity index (χ1n) is 9.86. The van der Waals surface area contributed by atoms with Gasteiger partial charge in [-0.25, -0.2) is 14.6 Å². The summed E-state index contributed by atoms with van der Waals surface area (Å²) in [6.45, 7) is 2.19. The molecule has 0 amide bonds. The van der Waals surface area contributed by atoms with E-state index in [1.54, 1.807) is 72.8 Å². The lowest BCUT2D eigenvalue weighted by molar-refractivity contribution is -0.129. The van der Waals surface area contributed by atoms with Gasteiger partial charge in [-0.3, -0.25) is 0 Å². The Bertz CT molecular complexity index is 1230. The van der Waals surface area contributed by atoms with Crippen molar-refractivity contribution in [2.45, 2.75) is 6.92 Å². The number of carbonyl (C=O) groups is 2. The minimum Gasteiger partial charge on any atom is -0.490 e. The molecule has 7 heteroatoms. The molecule has 160 valence electrons. The average molecular weight is 448 g/mol. The molecule has 0 N–H and O–H groups in total. The van der Waals surface area contributed by atoms with Crippen molar-refractivity contribution in [2.75, 3.05) is 6.61 Å². The number of hydrogen-bond acceptors (Lipinski definition) is 6. The summed E-state index contributed by atoms with van der Waals surface area (Å²) in [7, 11) is 0. The summed E-state index contributed by atoms with van der Waals surface area (Å²) >= 11 is 6.17. The average Bonchev–Trinajstić information content (AvgIpc) is 3.16. The molecule has 3 aromatic rings. The van der Waals surface area contributed by atoms with Crippen molar-refractivity contribution < 1.29 is 23.8 Å². The smallest absolute Gasteiger partial charge is 0.363 e. The van der Waals surface area contributed by atoms with Crippen LogP contribution in [0.1, 0.15) is 28.4 Å². The molecule has 0 radical (unpaired) electrons. The Kier molecular flexibility index (Phi) is 6.33. The highest BCUT2D eigenvalue weighted by molar-refractivity contribution is 6.34. The van der Waals surface area contributed by atoms with Crippen LogP contribution in [0.5, 0.6) is 11.5 Å². The molecule has 0 saturated carbocycles. The van der Waals surface area contributed by atoms with Crippen molar-refractivity contribution in [3.05, 3.63) is 100 Å². The van der Waals surface area contributed by atoms with Gasteiger partial charge in [-0.2, -0.15) is 0 Å². The van der Waals surface area contributed by atoms with Crippen molar-refractivity contribution in [1.29, 1.82) is 0 Å². The summed E-state index contributed by atoms with van der Waals surface area (Å²) in [6, 6.07) is 20.6. The number of esters is 2. The fourth-order valence-corrected chi connectivity index (χ4v) is 3.23. The monoisotopic (exact) mass is 447 g/mol. The van der Waals surface area contributed by atoms with Crippen molar-refractivity contribution in [3.8, 4) is 11.5 Å². The predicted octanol–water partition coefficient (Wildman–Crippen LogP) is 5.30. The Morgan fingerprint density at radius 1 is 1.03 bits per heavy atom. The highest BCUT2D eigenvalue weighted by Crippen LogP contribution is 2.31. The molecule has 4 rings (SSSR count). The van der Waals surface area contributed by atoms with Crippen LogP contribution in [0.2, 0.25) is 5.02 Å². The third-order valence-corrected chi connectivity index (χ3v) is 4.84. The van der Waals surface area contributed by atoms with E-state index in [1.165, 1.54) is 0 Å². The molecule has 0 atom stereocenters. The second-order valence-corrected chi connectivity index (χ2v) is 7.12. The van der Waals surface area contributed by atoms with Crippen molar-refractivity contribution in [1.82, 2.24) is 0 Å². The number of hydrogen-bond donors (Lipinski definition) is 0. The van der Waals surface area contributed by atoms with Crippen molar-refractivity contribution >= 4 is 35.5 Å². The zero-order valence-electron chi connectivity index (χ0n) is 17.1. The maximum Gasteiger partial charge on any atom is 0.363 e. The molecule has 6 nitrogen and oxygen atoms in total. The van der Waals surface area contributed by atoms with Gasteiger partial charge in [-0.15, -0.1) is 0 Å². The Morgan fingerprint density at radius 2 is 1.78 bits per heavy atom. The van der Waals surface area contributed by atoms with E-state index in [0.29, 0.717) is 34.1 Å². The van der Waals surface area contributed by atoms with E-state index in [4.69, 9.17) is 25.8 Å². The SMILES string of the molecule is CCOc1cc(/C=C2\N=C(c3ccccc3Cl)OC2=O)ccc1OC(=O)c1ccccc1. The Hall–Kier alpha value is -3.90. The maximum atomic E-state index is 12.4. The van der Waals surface area contributed by atoms with Crippen LogP contribution in [-0.4, -0.2) is 24.4 Å². The topological polar surface area (TPSA) is 74.2 Å². The number of nitrogens with zero attached hydrogens (tertiary/aromatic N) is 1. The predicted molar refractivity (Wildman–Crippen MR) is 121 cm³/mol. The Morgan fingerprint density at radius 3 is 2.53 bits per heavy atom. The molecular weight excluding hydrogens is 430 g/mol. The normalized spacial score (nSPS) is 14.1. The van der Waals surface area contributed by atoms with Crippen molar-refractivity contribution in [2.24, 2.45) is 4.99 Å². The van der Waals surface area contributed by atoms with Crippen LogP contribution < -0.4 is 9.47 Å². The molecule has 0 saturated heterocycles. The van der Waals surface area contributed by atoms with Gasteiger partial charge >= 0.3 is 11.9 Å². The van der Waals surface area contributed by atoms with Crippen LogP contribution in [0.4, 0.5) is 0 Å². The Labute approximate surface area is 189 Å². The molecule has 0 bridgehead atoms. The van der Waals surface area contributed by atoms with E-state index in [0.717, 1.165) is 0 Å². The number of ether oxygens (including phenoxy) is 3. The van der Waals surface area contributed by atoms with Gasteiger partial charge in [0.15, 0.2) is 17.2 Å². The summed E-state index contributed by atoms with van der Waals surface area (Å²) in [6.07, 6.45) is 1.57. The number of rotatable bonds is 6. The minimum atomic E-state index is -0.586. The number of halogens is 1. The number of cyclic esters (lactones) is 1. The molecule has 1 aliphatic heterocycles. The van der Waals surface area contributed by atoms with Gasteiger partial charge in [-0.05, 0) is 55.0 Å². The minimum absolute atomic E-state index is 0.122. The molecule has 0 unspecified atom stereocenters. The van der Waals surface area contributed by atoms with Gasteiger partial charge in [0.05, 0.1) is 22.8 Å². The van der Waals surface area contributed by atoms with Gasteiger partial charge in [0.2, 0.25) is 5.90 Å². The van der Waals surface area contributed by atoms with Crippen LogP contribution in [0.15, 0.2) is 83.5 Å². The molecule has 0 aromatic heterocycles. The highest BCUT2D eigenvalue weighted by atomic mass is 35.5. The van der Waals surface area contributed by atoms with E-state index >= 15 is 0 Å². The first-order valence-corrected chi connectivity index (χ1v) is 10.2. The molecule has 32 heavy (non-hydrogen) atoms. The number of carbonyl (C=O) groups excluding carboxylic acids is 2. The maximum absolute atomic E-state index is 12.4. The fraction of sp³-hybridized carbons (Fsp3) is 0.0800. The quantitative estimate of drug-likeness (QED) is 0.291. The second-order valence-electron chi connectivity index (χ2n) is 6.71. The molecule has 1 heterocycles. The van der Waals surface area contributed by atoms with E-state index in [1.807, 2.05) is 13.0 Å². The Balaban J connectivity index is 1.61. The van der Waals surface area contributed by atoms with E-state index in [9.17, 15) is 9.59 Å². The summed E-state index contributed by atoms with van der Waals surface area (Å²) in [5.74, 6) is -0.293. The summed E-state index contributed by atoms with van der Waals surface area (Å²) in [4.78, 5) is 29.0. The van der Waals surface area contributed by atoms with Crippen LogP contribution in [0.25, 0.3) is 6.08 Å². The summed E-state index contributed by atoms with van der Waals surface area (Å²) in [5, 5.41) is 0.434. The van der Waals surface area contributed by atoms with Crippen LogP contribution in [0, 0.1) is 0 Å². The van der Waals surface area contributed by atoms with Crippen LogP contribution >= 0.6 is 11.6 Å². The summed E-state index contributed by atoms with van der Waals surface area (Å²) < 4.78 is 16.4. The van der Waals surface area contributed by atoms with Crippen molar-refractivity contribution in [3.63, 3.8) is 0 Å². The fourth-order valence-electron chi connectivity index (χ4n) is 3.02. The number of aliphatic imine (C=N–C) groups is 1. The lowest BCUT2D eigenvalue weighted by atomic mass is 10.1. The van der Waals surface area contributed by atoms with Gasteiger partial charge < -0.3 is 14.2 Å². The molecular formula is C25H18ClNO5. The third kappa shape index (κ3) is 4.71. The summed E-state index contributed by atoms with van der Waals surface area (Å²) in [5.41, 5.74) is 1.71. The largest absolute Gasteiger partial charge is 0.490 e. The standard InChI is InChI=1S/C25H18ClNO5/c1-2-30-22-15-16(12-13-21(22)31-24(28)17-8-4-3-5-9-17)14-20-25(29)32-23(27-20)18-10-6-7-11-19(18)26/h3-15H,2H2,1H3/b20-14-. The number of benzene rings is 3. The zero-order valence-corrected chi connectivity index (χ0v) is 17.8. The molecule has 1 aliphatic rings. The van der Waals surface area contributed by atoms with E-state index < -0.39 is 11.9 Å². The van der Waals surface area contributed by atoms with E-state index in [2.05, 4.69) is 4.99 Å².